The standard InChI is InChI=1S/C5H6ClN5O/c6-5-10-3(7)2(9-1-12)4(8)11-5/h1H,(H,9,12)(H4,7,8,10,11). The molecule has 0 aromatic carbocycles. The van der Waals surface area contributed by atoms with Gasteiger partial charge in [0, 0.05) is 0 Å². The van der Waals surface area contributed by atoms with Gasteiger partial charge in [-0.05, 0) is 11.6 Å². The first-order valence-corrected chi connectivity index (χ1v) is 3.31. The molecule has 1 rings (SSSR count). The van der Waals surface area contributed by atoms with Crippen LogP contribution in [0.2, 0.25) is 5.28 Å². The number of rotatable bonds is 2. The zero-order chi connectivity index (χ0) is 9.14. The number of nitrogen functional groups attached to an aromatic ring is 2. The molecule has 1 amide bonds. The topological polar surface area (TPSA) is 107 Å². The van der Waals surface area contributed by atoms with Crippen LogP contribution in [-0.4, -0.2) is 16.4 Å². The lowest BCUT2D eigenvalue weighted by Gasteiger charge is -2.04. The first-order valence-electron chi connectivity index (χ1n) is 2.94. The minimum atomic E-state index is -0.0542. The Morgan fingerprint density at radius 1 is 1.33 bits per heavy atom. The summed E-state index contributed by atoms with van der Waals surface area (Å²) in [5.41, 5.74) is 10.9. The Bertz CT molecular complexity index is 292. The molecule has 0 saturated heterocycles. The number of amides is 1. The first kappa shape index (κ1) is 8.54. The van der Waals surface area contributed by atoms with Gasteiger partial charge in [0.05, 0.1) is 0 Å². The largest absolute Gasteiger partial charge is 0.382 e. The lowest BCUT2D eigenvalue weighted by atomic mass is 10.4. The van der Waals surface area contributed by atoms with Gasteiger partial charge in [-0.25, -0.2) is 0 Å². The number of nitrogens with zero attached hydrogens (tertiary/aromatic N) is 2. The predicted molar refractivity (Wildman–Crippen MR) is 45.6 cm³/mol. The van der Waals surface area contributed by atoms with Crippen LogP contribution in [0.5, 0.6) is 0 Å². The highest BCUT2D eigenvalue weighted by Gasteiger charge is 2.07. The van der Waals surface area contributed by atoms with Gasteiger partial charge >= 0.3 is 0 Å². The van der Waals surface area contributed by atoms with E-state index < -0.39 is 0 Å². The minimum Gasteiger partial charge on any atom is -0.382 e. The summed E-state index contributed by atoms with van der Waals surface area (Å²) in [4.78, 5) is 17.2. The summed E-state index contributed by atoms with van der Waals surface area (Å²) >= 11 is 5.42. The molecule has 1 aromatic heterocycles. The van der Waals surface area contributed by atoms with Crippen molar-refractivity contribution in [1.82, 2.24) is 9.97 Å². The van der Waals surface area contributed by atoms with Crippen LogP contribution in [0.1, 0.15) is 0 Å². The van der Waals surface area contributed by atoms with E-state index in [1.54, 1.807) is 0 Å². The molecule has 0 aliphatic heterocycles. The van der Waals surface area contributed by atoms with Gasteiger partial charge in [0.15, 0.2) is 11.6 Å². The van der Waals surface area contributed by atoms with E-state index in [4.69, 9.17) is 23.1 Å². The van der Waals surface area contributed by atoms with Crippen LogP contribution in [0, 0.1) is 0 Å². The van der Waals surface area contributed by atoms with Crippen molar-refractivity contribution in [2.45, 2.75) is 0 Å². The maximum absolute atomic E-state index is 10.1. The number of halogens is 1. The molecule has 0 atom stereocenters. The van der Waals surface area contributed by atoms with E-state index in [9.17, 15) is 4.79 Å². The molecule has 1 heterocycles. The number of carbonyl (C=O) groups excluding carboxylic acids is 1. The van der Waals surface area contributed by atoms with Crippen LogP contribution in [0.3, 0.4) is 0 Å². The Hall–Kier alpha value is -1.56. The van der Waals surface area contributed by atoms with Gasteiger partial charge in [0.25, 0.3) is 0 Å². The number of hydrogen-bond acceptors (Lipinski definition) is 5. The molecule has 5 N–H and O–H groups in total. The van der Waals surface area contributed by atoms with Crippen LogP contribution in [0.25, 0.3) is 0 Å². The number of nitrogens with two attached hydrogens (primary N) is 2. The quantitative estimate of drug-likeness (QED) is 0.441. The minimum absolute atomic E-state index is 0.0413. The third kappa shape index (κ3) is 1.54. The van der Waals surface area contributed by atoms with E-state index in [1.165, 1.54) is 0 Å². The molecule has 64 valence electrons. The summed E-state index contributed by atoms with van der Waals surface area (Å²) in [5.74, 6) is 0.0826. The second-order valence-corrected chi connectivity index (χ2v) is 2.24. The Labute approximate surface area is 72.9 Å². The van der Waals surface area contributed by atoms with Crippen LogP contribution in [-0.2, 0) is 4.79 Å². The van der Waals surface area contributed by atoms with Crippen molar-refractivity contribution >= 4 is 35.3 Å². The molecule has 0 unspecified atom stereocenters. The molecule has 0 aliphatic carbocycles. The Morgan fingerprint density at radius 3 is 2.25 bits per heavy atom. The van der Waals surface area contributed by atoms with Gasteiger partial charge in [-0.2, -0.15) is 9.97 Å². The monoisotopic (exact) mass is 187 g/mol. The molecule has 6 nitrogen and oxygen atoms in total. The lowest BCUT2D eigenvalue weighted by molar-refractivity contribution is -0.105. The number of aromatic nitrogens is 2. The molecular formula is C5H6ClN5O. The SMILES string of the molecule is Nc1nc(Cl)nc(N)c1NC=O. The van der Waals surface area contributed by atoms with Gasteiger partial charge < -0.3 is 16.8 Å². The summed E-state index contributed by atoms with van der Waals surface area (Å²) in [6.45, 7) is 0. The maximum Gasteiger partial charge on any atom is 0.226 e. The third-order valence-corrected chi connectivity index (χ3v) is 1.31. The van der Waals surface area contributed by atoms with E-state index in [0.717, 1.165) is 0 Å². The first-order chi connectivity index (χ1) is 5.65. The van der Waals surface area contributed by atoms with Crippen LogP contribution >= 0.6 is 11.6 Å². The molecule has 0 fully saturated rings. The zero-order valence-corrected chi connectivity index (χ0v) is 6.67. The molecular weight excluding hydrogens is 182 g/mol. The van der Waals surface area contributed by atoms with Crippen molar-refractivity contribution in [2.24, 2.45) is 0 Å². The summed E-state index contributed by atoms with van der Waals surface area (Å²) in [6.07, 6.45) is 0.430. The van der Waals surface area contributed by atoms with E-state index >= 15 is 0 Å². The van der Waals surface area contributed by atoms with Crippen molar-refractivity contribution in [3.8, 4) is 0 Å². The normalized spacial score (nSPS) is 9.42. The van der Waals surface area contributed by atoms with Crippen molar-refractivity contribution in [3.63, 3.8) is 0 Å². The Morgan fingerprint density at radius 2 is 1.83 bits per heavy atom. The third-order valence-electron chi connectivity index (χ3n) is 1.14. The molecule has 1 aromatic rings. The van der Waals surface area contributed by atoms with Crippen molar-refractivity contribution in [1.29, 1.82) is 0 Å². The highest BCUT2D eigenvalue weighted by molar-refractivity contribution is 6.28. The number of hydrogen-bond donors (Lipinski definition) is 3. The Balaban J connectivity index is 3.18. The second-order valence-electron chi connectivity index (χ2n) is 1.90. The van der Waals surface area contributed by atoms with Gasteiger partial charge in [0.2, 0.25) is 11.7 Å². The smallest absolute Gasteiger partial charge is 0.226 e. The molecule has 0 aliphatic rings. The van der Waals surface area contributed by atoms with Gasteiger partial charge in [-0.3, -0.25) is 4.79 Å². The Kier molecular flexibility index (Phi) is 2.29. The van der Waals surface area contributed by atoms with Crippen molar-refractivity contribution in [2.75, 3.05) is 16.8 Å². The van der Waals surface area contributed by atoms with Crippen LogP contribution in [0.4, 0.5) is 17.3 Å². The zero-order valence-electron chi connectivity index (χ0n) is 5.91. The van der Waals surface area contributed by atoms with Gasteiger partial charge in [0.1, 0.15) is 5.69 Å². The summed E-state index contributed by atoms with van der Waals surface area (Å²) in [5, 5.41) is 2.20. The van der Waals surface area contributed by atoms with Gasteiger partial charge in [-0.1, -0.05) is 0 Å². The van der Waals surface area contributed by atoms with E-state index in [2.05, 4.69) is 15.3 Å². The fourth-order valence-electron chi connectivity index (χ4n) is 0.674. The summed E-state index contributed by atoms with van der Waals surface area (Å²) in [7, 11) is 0. The molecule has 0 spiro atoms. The fraction of sp³-hybridized carbons (Fsp3) is 0. The molecule has 0 saturated carbocycles. The second kappa shape index (κ2) is 3.22. The highest BCUT2D eigenvalue weighted by atomic mass is 35.5. The van der Waals surface area contributed by atoms with E-state index in [0.29, 0.717) is 6.41 Å². The number of carbonyl (C=O) groups is 1. The van der Waals surface area contributed by atoms with Crippen LogP contribution in [0.15, 0.2) is 0 Å². The van der Waals surface area contributed by atoms with Gasteiger partial charge in [-0.15, -0.1) is 0 Å². The molecule has 0 bridgehead atoms. The molecule has 12 heavy (non-hydrogen) atoms. The van der Waals surface area contributed by atoms with E-state index in [1.807, 2.05) is 0 Å². The molecule has 7 heteroatoms. The average Bonchev–Trinajstić information content (AvgIpc) is 1.96. The summed E-state index contributed by atoms with van der Waals surface area (Å²) in [6, 6.07) is 0. The highest BCUT2D eigenvalue weighted by Crippen LogP contribution is 2.22. The number of anilines is 3. The summed E-state index contributed by atoms with van der Waals surface area (Å²) < 4.78 is 0. The maximum atomic E-state index is 10.1. The number of nitrogens with one attached hydrogen (secondary N) is 1. The molecule has 0 radical (unpaired) electrons. The van der Waals surface area contributed by atoms with Crippen molar-refractivity contribution in [3.05, 3.63) is 5.28 Å². The predicted octanol–water partition coefficient (Wildman–Crippen LogP) is -0.137. The van der Waals surface area contributed by atoms with Crippen molar-refractivity contribution < 1.29 is 4.79 Å². The van der Waals surface area contributed by atoms with Crippen LogP contribution < -0.4 is 16.8 Å². The fourth-order valence-corrected chi connectivity index (χ4v) is 0.856. The van der Waals surface area contributed by atoms with E-state index in [-0.39, 0.29) is 22.6 Å². The average molecular weight is 188 g/mol. The lowest BCUT2D eigenvalue weighted by Crippen LogP contribution is -2.07.